The zero-order valence-corrected chi connectivity index (χ0v) is 12.0. The van der Waals surface area contributed by atoms with Crippen LogP contribution in [0.4, 0.5) is 4.79 Å². The summed E-state index contributed by atoms with van der Waals surface area (Å²) >= 11 is 0. The number of primary amides is 1. The van der Waals surface area contributed by atoms with E-state index in [2.05, 4.69) is 0 Å². The Morgan fingerprint density at radius 3 is 2.50 bits per heavy atom. The quantitative estimate of drug-likeness (QED) is 0.922. The second-order valence-corrected chi connectivity index (χ2v) is 6.18. The van der Waals surface area contributed by atoms with Crippen molar-refractivity contribution in [3.8, 4) is 0 Å². The summed E-state index contributed by atoms with van der Waals surface area (Å²) in [5.74, 6) is 0.215. The molecule has 0 spiro atoms. The third-order valence-electron chi connectivity index (χ3n) is 4.31. The van der Waals surface area contributed by atoms with Crippen LogP contribution in [0.2, 0.25) is 0 Å². The van der Waals surface area contributed by atoms with Gasteiger partial charge in [0.15, 0.2) is 0 Å². The summed E-state index contributed by atoms with van der Waals surface area (Å²) < 4.78 is 5.53. The van der Waals surface area contributed by atoms with Crippen molar-refractivity contribution in [2.75, 3.05) is 0 Å². The number of Topliss-reactive ketones (excluding diaryl/α,β-unsaturated/α-hetero) is 1. The van der Waals surface area contributed by atoms with Crippen molar-refractivity contribution in [3.05, 3.63) is 35.9 Å². The Hall–Kier alpha value is -1.84. The highest BCUT2D eigenvalue weighted by Crippen LogP contribution is 2.47. The molecule has 1 aromatic rings. The number of nitrogens with two attached hydrogens (primary N) is 1. The molecule has 1 amide bonds. The van der Waals surface area contributed by atoms with Gasteiger partial charge in [-0.05, 0) is 12.0 Å². The predicted octanol–water partition coefficient (Wildman–Crippen LogP) is 2.84. The molecule has 2 rings (SSSR count). The highest BCUT2D eigenvalue weighted by atomic mass is 16.6. The fourth-order valence-electron chi connectivity index (χ4n) is 3.09. The average Bonchev–Trinajstić information content (AvgIpc) is 2.34. The SMILES string of the molecule is CC1(C)CC(=O)CCC1(Cc1ccccc1)OC(N)=O. The lowest BCUT2D eigenvalue weighted by Crippen LogP contribution is -2.54. The summed E-state index contributed by atoms with van der Waals surface area (Å²) in [4.78, 5) is 23.1. The van der Waals surface area contributed by atoms with Crippen LogP contribution >= 0.6 is 0 Å². The molecule has 1 aliphatic carbocycles. The lowest BCUT2D eigenvalue weighted by molar-refractivity contribution is -0.141. The first-order valence-corrected chi connectivity index (χ1v) is 6.89. The zero-order valence-electron chi connectivity index (χ0n) is 12.0. The third kappa shape index (κ3) is 2.84. The lowest BCUT2D eigenvalue weighted by atomic mass is 9.62. The maximum Gasteiger partial charge on any atom is 0.405 e. The molecule has 108 valence electrons. The minimum atomic E-state index is -0.775. The van der Waals surface area contributed by atoms with Gasteiger partial charge in [-0.25, -0.2) is 4.79 Å². The van der Waals surface area contributed by atoms with Crippen molar-refractivity contribution in [2.24, 2.45) is 11.1 Å². The third-order valence-corrected chi connectivity index (χ3v) is 4.31. The molecule has 0 saturated heterocycles. The molecule has 0 heterocycles. The van der Waals surface area contributed by atoms with Crippen molar-refractivity contribution in [1.29, 1.82) is 0 Å². The van der Waals surface area contributed by atoms with Gasteiger partial charge in [0.2, 0.25) is 0 Å². The first-order valence-electron chi connectivity index (χ1n) is 6.89. The standard InChI is InChI=1S/C16H21NO3/c1-15(2)11-13(18)8-9-16(15,20-14(17)19)10-12-6-4-3-5-7-12/h3-7H,8-11H2,1-2H3,(H2,17,19). The number of ketones is 1. The molecule has 2 N–H and O–H groups in total. The maximum atomic E-state index is 11.7. The molecule has 4 heteroatoms. The van der Waals surface area contributed by atoms with Crippen LogP contribution in [0.5, 0.6) is 0 Å². The molecule has 0 radical (unpaired) electrons. The molecule has 0 aromatic heterocycles. The second-order valence-electron chi connectivity index (χ2n) is 6.18. The van der Waals surface area contributed by atoms with E-state index < -0.39 is 17.1 Å². The molecule has 4 nitrogen and oxygen atoms in total. The van der Waals surface area contributed by atoms with E-state index >= 15 is 0 Å². The monoisotopic (exact) mass is 275 g/mol. The van der Waals surface area contributed by atoms with Gasteiger partial charge in [-0.1, -0.05) is 44.2 Å². The molecular weight excluding hydrogens is 254 g/mol. The first kappa shape index (κ1) is 14.6. The van der Waals surface area contributed by atoms with E-state index in [9.17, 15) is 9.59 Å². The number of rotatable bonds is 3. The van der Waals surface area contributed by atoms with Crippen molar-refractivity contribution >= 4 is 11.9 Å². The molecular formula is C16H21NO3. The Balaban J connectivity index is 2.35. The van der Waals surface area contributed by atoms with Crippen LogP contribution in [0.25, 0.3) is 0 Å². The fraction of sp³-hybridized carbons (Fsp3) is 0.500. The van der Waals surface area contributed by atoms with Crippen LogP contribution in [0.3, 0.4) is 0 Å². The van der Waals surface area contributed by atoms with Crippen molar-refractivity contribution in [1.82, 2.24) is 0 Å². The summed E-state index contributed by atoms with van der Waals surface area (Å²) in [5.41, 5.74) is 5.21. The second kappa shape index (κ2) is 5.27. The predicted molar refractivity (Wildman–Crippen MR) is 76.2 cm³/mol. The van der Waals surface area contributed by atoms with Crippen LogP contribution in [0.1, 0.15) is 38.7 Å². The maximum absolute atomic E-state index is 11.7. The average molecular weight is 275 g/mol. The number of hydrogen-bond donors (Lipinski definition) is 1. The number of hydrogen-bond acceptors (Lipinski definition) is 3. The molecule has 20 heavy (non-hydrogen) atoms. The van der Waals surface area contributed by atoms with Crippen LogP contribution < -0.4 is 5.73 Å². The number of carbonyl (C=O) groups excluding carboxylic acids is 2. The van der Waals surface area contributed by atoms with Gasteiger partial charge < -0.3 is 10.5 Å². The van der Waals surface area contributed by atoms with E-state index in [-0.39, 0.29) is 5.78 Å². The van der Waals surface area contributed by atoms with E-state index in [4.69, 9.17) is 10.5 Å². The van der Waals surface area contributed by atoms with Gasteiger partial charge in [0.1, 0.15) is 11.4 Å². The Kier molecular flexibility index (Phi) is 3.84. The molecule has 0 bridgehead atoms. The van der Waals surface area contributed by atoms with Gasteiger partial charge in [-0.3, -0.25) is 4.79 Å². The minimum Gasteiger partial charge on any atom is -0.442 e. The van der Waals surface area contributed by atoms with Gasteiger partial charge in [0, 0.05) is 24.7 Å². The molecule has 1 aliphatic rings. The first-order chi connectivity index (χ1) is 9.35. The van der Waals surface area contributed by atoms with Crippen molar-refractivity contribution in [3.63, 3.8) is 0 Å². The van der Waals surface area contributed by atoms with E-state index in [0.29, 0.717) is 25.7 Å². The number of carbonyl (C=O) groups is 2. The molecule has 1 aromatic carbocycles. The van der Waals surface area contributed by atoms with Gasteiger partial charge in [0.25, 0.3) is 0 Å². The summed E-state index contributed by atoms with van der Waals surface area (Å²) in [5, 5.41) is 0. The Labute approximate surface area is 119 Å². The van der Waals surface area contributed by atoms with E-state index in [1.165, 1.54) is 0 Å². The molecule has 1 unspecified atom stereocenters. The van der Waals surface area contributed by atoms with Crippen LogP contribution in [0, 0.1) is 5.41 Å². The zero-order chi connectivity index (χ0) is 14.8. The van der Waals surface area contributed by atoms with E-state index in [1.807, 2.05) is 44.2 Å². The number of benzene rings is 1. The number of ether oxygens (including phenoxy) is 1. The number of amides is 1. The van der Waals surface area contributed by atoms with E-state index in [0.717, 1.165) is 5.56 Å². The summed E-state index contributed by atoms with van der Waals surface area (Å²) in [7, 11) is 0. The van der Waals surface area contributed by atoms with Gasteiger partial charge in [-0.15, -0.1) is 0 Å². The van der Waals surface area contributed by atoms with Gasteiger partial charge in [-0.2, -0.15) is 0 Å². The fourth-order valence-corrected chi connectivity index (χ4v) is 3.09. The highest BCUT2D eigenvalue weighted by Gasteiger charge is 2.51. The molecule has 1 atom stereocenters. The topological polar surface area (TPSA) is 69.4 Å². The smallest absolute Gasteiger partial charge is 0.405 e. The van der Waals surface area contributed by atoms with Crippen LogP contribution in [-0.2, 0) is 16.0 Å². The largest absolute Gasteiger partial charge is 0.442 e. The summed E-state index contributed by atoms with van der Waals surface area (Å²) in [6.07, 6.45) is 1.17. The van der Waals surface area contributed by atoms with Gasteiger partial charge >= 0.3 is 6.09 Å². The van der Waals surface area contributed by atoms with Crippen LogP contribution in [-0.4, -0.2) is 17.5 Å². The van der Waals surface area contributed by atoms with Crippen molar-refractivity contribution in [2.45, 2.75) is 45.1 Å². The highest BCUT2D eigenvalue weighted by molar-refractivity contribution is 5.80. The molecule has 0 aliphatic heterocycles. The normalized spacial score (nSPS) is 25.2. The van der Waals surface area contributed by atoms with E-state index in [1.54, 1.807) is 0 Å². The van der Waals surface area contributed by atoms with Crippen LogP contribution in [0.15, 0.2) is 30.3 Å². The lowest BCUT2D eigenvalue weighted by Gasteiger charge is -2.48. The molecule has 1 fully saturated rings. The summed E-state index contributed by atoms with van der Waals surface area (Å²) in [6.45, 7) is 3.94. The Morgan fingerprint density at radius 2 is 1.95 bits per heavy atom. The minimum absolute atomic E-state index is 0.215. The summed E-state index contributed by atoms with van der Waals surface area (Å²) in [6, 6.07) is 9.85. The Morgan fingerprint density at radius 1 is 1.30 bits per heavy atom. The van der Waals surface area contributed by atoms with Crippen molar-refractivity contribution < 1.29 is 14.3 Å². The molecule has 1 saturated carbocycles. The Bertz CT molecular complexity index is 510. The van der Waals surface area contributed by atoms with Gasteiger partial charge in [0.05, 0.1) is 0 Å².